The van der Waals surface area contributed by atoms with E-state index < -0.39 is 10.8 Å². The van der Waals surface area contributed by atoms with Gasteiger partial charge in [-0.3, -0.25) is 14.9 Å². The standard InChI is InChI=1S/C11H12BrClN2O4/c1-19-6-8(5-12)14-11(16)9-3-2-7(13)4-10(9)15(17)18/h2-4,8H,5-6H2,1H3,(H,14,16). The van der Waals surface area contributed by atoms with Crippen molar-refractivity contribution in [3.05, 3.63) is 38.9 Å². The molecular weight excluding hydrogens is 339 g/mol. The molecule has 0 fully saturated rings. The highest BCUT2D eigenvalue weighted by atomic mass is 79.9. The molecule has 0 heterocycles. The van der Waals surface area contributed by atoms with E-state index in [1.807, 2.05) is 0 Å². The average molecular weight is 352 g/mol. The average Bonchev–Trinajstić information content (AvgIpc) is 2.37. The van der Waals surface area contributed by atoms with E-state index in [2.05, 4.69) is 21.2 Å². The van der Waals surface area contributed by atoms with Crippen LogP contribution in [0.4, 0.5) is 5.69 Å². The molecule has 6 nitrogen and oxygen atoms in total. The molecule has 0 aliphatic heterocycles. The molecule has 0 aliphatic rings. The molecule has 0 aromatic heterocycles. The second-order valence-corrected chi connectivity index (χ2v) is 4.78. The van der Waals surface area contributed by atoms with Crippen LogP contribution < -0.4 is 5.32 Å². The van der Waals surface area contributed by atoms with E-state index in [4.69, 9.17) is 16.3 Å². The summed E-state index contributed by atoms with van der Waals surface area (Å²) >= 11 is 8.91. The summed E-state index contributed by atoms with van der Waals surface area (Å²) in [5, 5.41) is 14.2. The summed E-state index contributed by atoms with van der Waals surface area (Å²) in [6.07, 6.45) is 0. The molecule has 0 aliphatic carbocycles. The van der Waals surface area contributed by atoms with Crippen molar-refractivity contribution in [3.63, 3.8) is 0 Å². The minimum absolute atomic E-state index is 0.0311. The van der Waals surface area contributed by atoms with Gasteiger partial charge >= 0.3 is 0 Å². The van der Waals surface area contributed by atoms with Gasteiger partial charge in [-0.25, -0.2) is 0 Å². The molecular formula is C11H12BrClN2O4. The zero-order valence-electron chi connectivity index (χ0n) is 10.1. The van der Waals surface area contributed by atoms with Gasteiger partial charge < -0.3 is 10.1 Å². The first kappa shape index (κ1) is 15.9. The summed E-state index contributed by atoms with van der Waals surface area (Å²) in [5.74, 6) is -0.537. The number of nitrogens with one attached hydrogen (secondary N) is 1. The van der Waals surface area contributed by atoms with Crippen LogP contribution in [0.15, 0.2) is 18.2 Å². The largest absolute Gasteiger partial charge is 0.383 e. The molecule has 19 heavy (non-hydrogen) atoms. The number of carbonyl (C=O) groups is 1. The lowest BCUT2D eigenvalue weighted by Gasteiger charge is -2.15. The van der Waals surface area contributed by atoms with Crippen molar-refractivity contribution in [2.24, 2.45) is 0 Å². The third kappa shape index (κ3) is 4.45. The summed E-state index contributed by atoms with van der Waals surface area (Å²) in [7, 11) is 1.51. The van der Waals surface area contributed by atoms with Crippen LogP contribution in [0.25, 0.3) is 0 Å². The topological polar surface area (TPSA) is 81.5 Å². The fourth-order valence-electron chi connectivity index (χ4n) is 1.44. The monoisotopic (exact) mass is 350 g/mol. The predicted octanol–water partition coefficient (Wildman–Crippen LogP) is 2.39. The second kappa shape index (κ2) is 7.42. The molecule has 0 radical (unpaired) electrons. The van der Waals surface area contributed by atoms with Gasteiger partial charge in [0.05, 0.1) is 17.6 Å². The normalized spacial score (nSPS) is 11.9. The van der Waals surface area contributed by atoms with Gasteiger partial charge in [0.15, 0.2) is 0 Å². The van der Waals surface area contributed by atoms with E-state index in [0.29, 0.717) is 11.9 Å². The Morgan fingerprint density at radius 1 is 1.63 bits per heavy atom. The van der Waals surface area contributed by atoms with Gasteiger partial charge in [0.2, 0.25) is 0 Å². The Bertz CT molecular complexity index is 484. The van der Waals surface area contributed by atoms with Crippen molar-refractivity contribution in [1.29, 1.82) is 0 Å². The van der Waals surface area contributed by atoms with Crippen LogP contribution in [0.3, 0.4) is 0 Å². The third-order valence-corrected chi connectivity index (χ3v) is 3.31. The Balaban J connectivity index is 2.96. The highest BCUT2D eigenvalue weighted by molar-refractivity contribution is 9.09. The van der Waals surface area contributed by atoms with E-state index in [-0.39, 0.29) is 22.3 Å². The number of nitrogens with zero attached hydrogens (tertiary/aromatic N) is 1. The van der Waals surface area contributed by atoms with Crippen LogP contribution in [-0.4, -0.2) is 35.9 Å². The Morgan fingerprint density at radius 3 is 2.84 bits per heavy atom. The van der Waals surface area contributed by atoms with Crippen molar-refractivity contribution < 1.29 is 14.5 Å². The minimum atomic E-state index is -0.639. The number of carbonyl (C=O) groups excluding carboxylic acids is 1. The molecule has 1 rings (SSSR count). The first-order valence-electron chi connectivity index (χ1n) is 5.29. The number of nitro groups is 1. The number of rotatable bonds is 6. The highest BCUT2D eigenvalue weighted by Gasteiger charge is 2.22. The number of halogens is 2. The number of methoxy groups -OCH3 is 1. The minimum Gasteiger partial charge on any atom is -0.383 e. The van der Waals surface area contributed by atoms with E-state index in [0.717, 1.165) is 6.07 Å². The number of benzene rings is 1. The summed E-state index contributed by atoms with van der Waals surface area (Å²) in [5.41, 5.74) is -0.354. The molecule has 1 aromatic rings. The number of amides is 1. The molecule has 1 aromatic carbocycles. The van der Waals surface area contributed by atoms with Gasteiger partial charge in [-0.15, -0.1) is 0 Å². The van der Waals surface area contributed by atoms with Gasteiger partial charge in [-0.1, -0.05) is 27.5 Å². The maximum Gasteiger partial charge on any atom is 0.283 e. The van der Waals surface area contributed by atoms with Crippen LogP contribution in [0.2, 0.25) is 5.02 Å². The third-order valence-electron chi connectivity index (χ3n) is 2.29. The van der Waals surface area contributed by atoms with Gasteiger partial charge in [0.25, 0.3) is 11.6 Å². The van der Waals surface area contributed by atoms with Crippen LogP contribution in [0.5, 0.6) is 0 Å². The maximum absolute atomic E-state index is 12.0. The summed E-state index contributed by atoms with van der Waals surface area (Å²) in [6, 6.07) is 3.64. The van der Waals surface area contributed by atoms with E-state index in [9.17, 15) is 14.9 Å². The maximum atomic E-state index is 12.0. The van der Waals surface area contributed by atoms with Crippen molar-refractivity contribution in [2.45, 2.75) is 6.04 Å². The Hall–Kier alpha value is -1.18. The molecule has 1 unspecified atom stereocenters. The molecule has 104 valence electrons. The molecule has 8 heteroatoms. The van der Waals surface area contributed by atoms with Gasteiger partial charge in [0, 0.05) is 23.5 Å². The fourth-order valence-corrected chi connectivity index (χ4v) is 1.95. The Kier molecular flexibility index (Phi) is 6.20. The van der Waals surface area contributed by atoms with Crippen molar-refractivity contribution in [1.82, 2.24) is 5.32 Å². The number of nitro benzene ring substituents is 1. The van der Waals surface area contributed by atoms with Gasteiger partial charge in [0.1, 0.15) is 5.56 Å². The Morgan fingerprint density at radius 2 is 2.32 bits per heavy atom. The first-order chi connectivity index (χ1) is 8.99. The predicted molar refractivity (Wildman–Crippen MR) is 75.0 cm³/mol. The van der Waals surface area contributed by atoms with Gasteiger partial charge in [-0.2, -0.15) is 0 Å². The second-order valence-electron chi connectivity index (χ2n) is 3.70. The van der Waals surface area contributed by atoms with E-state index in [1.54, 1.807) is 0 Å². The lowest BCUT2D eigenvalue weighted by Crippen LogP contribution is -2.39. The quantitative estimate of drug-likeness (QED) is 0.485. The number of hydrogen-bond donors (Lipinski definition) is 1. The van der Waals surface area contributed by atoms with Crippen molar-refractivity contribution in [3.8, 4) is 0 Å². The summed E-state index contributed by atoms with van der Waals surface area (Å²) in [6.45, 7) is 0.304. The zero-order chi connectivity index (χ0) is 14.4. The molecule has 0 spiro atoms. The van der Waals surface area contributed by atoms with Crippen molar-refractivity contribution in [2.75, 3.05) is 19.0 Å². The van der Waals surface area contributed by atoms with E-state index >= 15 is 0 Å². The number of ether oxygens (including phenoxy) is 1. The Labute approximate surface area is 123 Å². The zero-order valence-corrected chi connectivity index (χ0v) is 12.4. The molecule has 1 atom stereocenters. The van der Waals surface area contributed by atoms with Crippen molar-refractivity contribution >= 4 is 39.1 Å². The number of hydrogen-bond acceptors (Lipinski definition) is 4. The smallest absolute Gasteiger partial charge is 0.283 e. The molecule has 1 N–H and O–H groups in total. The highest BCUT2D eigenvalue weighted by Crippen LogP contribution is 2.23. The lowest BCUT2D eigenvalue weighted by atomic mass is 10.1. The molecule has 0 bridgehead atoms. The van der Waals surface area contributed by atoms with Crippen LogP contribution in [0.1, 0.15) is 10.4 Å². The molecule has 0 saturated heterocycles. The fraction of sp³-hybridized carbons (Fsp3) is 0.364. The van der Waals surface area contributed by atoms with Crippen LogP contribution in [0, 0.1) is 10.1 Å². The van der Waals surface area contributed by atoms with Crippen LogP contribution >= 0.6 is 27.5 Å². The first-order valence-corrected chi connectivity index (χ1v) is 6.79. The van der Waals surface area contributed by atoms with E-state index in [1.165, 1.54) is 19.2 Å². The molecule has 1 amide bonds. The lowest BCUT2D eigenvalue weighted by molar-refractivity contribution is -0.385. The van der Waals surface area contributed by atoms with Crippen LogP contribution in [-0.2, 0) is 4.74 Å². The molecule has 0 saturated carbocycles. The number of alkyl halides is 1. The summed E-state index contributed by atoms with van der Waals surface area (Å²) < 4.78 is 4.93. The SMILES string of the molecule is COCC(CBr)NC(=O)c1ccc(Cl)cc1[N+](=O)[O-]. The van der Waals surface area contributed by atoms with Gasteiger partial charge in [-0.05, 0) is 12.1 Å². The summed E-state index contributed by atoms with van der Waals surface area (Å²) in [4.78, 5) is 22.2.